The molecule has 0 fully saturated rings. The zero-order valence-corrected chi connectivity index (χ0v) is 11.3. The fourth-order valence-electron chi connectivity index (χ4n) is 1.78. The molecular formula is C13H20FNO3. The van der Waals surface area contributed by atoms with Crippen LogP contribution in [0.25, 0.3) is 0 Å². The molecule has 0 bridgehead atoms. The van der Waals surface area contributed by atoms with Gasteiger partial charge in [-0.1, -0.05) is 0 Å². The van der Waals surface area contributed by atoms with Crippen LogP contribution in [0.5, 0.6) is 5.75 Å². The van der Waals surface area contributed by atoms with Gasteiger partial charge in [0.2, 0.25) is 0 Å². The Balaban J connectivity index is 0.000000492. The van der Waals surface area contributed by atoms with Crippen LogP contribution in [-0.4, -0.2) is 47.6 Å². The summed E-state index contributed by atoms with van der Waals surface area (Å²) in [5, 5.41) is 0. The third kappa shape index (κ3) is 3.85. The van der Waals surface area contributed by atoms with Crippen LogP contribution in [0.4, 0.5) is 10.1 Å². The average molecular weight is 257 g/mol. The highest BCUT2D eigenvalue weighted by Gasteiger charge is 2.23. The molecule has 1 atom stereocenters. The van der Waals surface area contributed by atoms with Crippen molar-refractivity contribution >= 4 is 5.69 Å². The van der Waals surface area contributed by atoms with E-state index in [1.165, 1.54) is 12.1 Å². The van der Waals surface area contributed by atoms with Crippen molar-refractivity contribution in [3.8, 4) is 5.75 Å². The molecule has 1 heterocycles. The molecule has 4 nitrogen and oxygen atoms in total. The van der Waals surface area contributed by atoms with E-state index < -0.39 is 0 Å². The van der Waals surface area contributed by atoms with Gasteiger partial charge in [-0.05, 0) is 12.1 Å². The highest BCUT2D eigenvalue weighted by Crippen LogP contribution is 2.32. The zero-order chi connectivity index (χ0) is 13.5. The van der Waals surface area contributed by atoms with Gasteiger partial charge < -0.3 is 19.1 Å². The minimum Gasteiger partial charge on any atom is -0.484 e. The summed E-state index contributed by atoms with van der Waals surface area (Å²) in [4.78, 5) is 1.98. The van der Waals surface area contributed by atoms with Crippen molar-refractivity contribution < 1.29 is 18.6 Å². The average Bonchev–Trinajstić information content (AvgIpc) is 2.32. The van der Waals surface area contributed by atoms with E-state index in [4.69, 9.17) is 9.47 Å². The Bertz CT molecular complexity index is 373. The van der Waals surface area contributed by atoms with Gasteiger partial charge in [-0.25, -0.2) is 4.39 Å². The highest BCUT2D eigenvalue weighted by molar-refractivity contribution is 5.59. The van der Waals surface area contributed by atoms with Crippen LogP contribution in [0.1, 0.15) is 0 Å². The molecule has 18 heavy (non-hydrogen) atoms. The molecule has 0 saturated carbocycles. The molecule has 0 radical (unpaired) electrons. The number of methoxy groups -OCH3 is 2. The van der Waals surface area contributed by atoms with E-state index in [-0.39, 0.29) is 11.9 Å². The van der Waals surface area contributed by atoms with Gasteiger partial charge in [-0.3, -0.25) is 0 Å². The molecule has 0 amide bonds. The number of nitrogens with zero attached hydrogens (tertiary/aromatic N) is 1. The van der Waals surface area contributed by atoms with E-state index in [2.05, 4.69) is 4.74 Å². The van der Waals surface area contributed by atoms with E-state index in [1.807, 2.05) is 11.9 Å². The van der Waals surface area contributed by atoms with Crippen LogP contribution in [0.2, 0.25) is 0 Å². The number of hydrogen-bond acceptors (Lipinski definition) is 4. The van der Waals surface area contributed by atoms with Crippen molar-refractivity contribution in [3.63, 3.8) is 0 Å². The topological polar surface area (TPSA) is 30.9 Å². The van der Waals surface area contributed by atoms with Gasteiger partial charge >= 0.3 is 0 Å². The van der Waals surface area contributed by atoms with Gasteiger partial charge in [-0.2, -0.15) is 0 Å². The predicted molar refractivity (Wildman–Crippen MR) is 68.9 cm³/mol. The monoisotopic (exact) mass is 257 g/mol. The molecule has 0 aromatic heterocycles. The summed E-state index contributed by atoms with van der Waals surface area (Å²) in [6.07, 6.45) is 0.0120. The zero-order valence-electron chi connectivity index (χ0n) is 11.3. The second-order valence-electron chi connectivity index (χ2n) is 4.10. The third-order valence-corrected chi connectivity index (χ3v) is 2.46. The number of halogens is 1. The lowest BCUT2D eigenvalue weighted by Crippen LogP contribution is -2.40. The number of ether oxygens (including phenoxy) is 3. The number of rotatable bonds is 2. The Hall–Kier alpha value is -1.33. The maximum Gasteiger partial charge on any atom is 0.143 e. The SMILES string of the molecule is COC.COC[C@@H]1CN(C)c2cc(F)ccc2O1. The maximum absolute atomic E-state index is 13.0. The molecule has 102 valence electrons. The Morgan fingerprint density at radius 3 is 2.67 bits per heavy atom. The van der Waals surface area contributed by atoms with Crippen LogP contribution in [0.15, 0.2) is 18.2 Å². The molecule has 0 N–H and O–H groups in total. The molecule has 1 aliphatic heterocycles. The molecule has 1 aliphatic rings. The summed E-state index contributed by atoms with van der Waals surface area (Å²) in [6.45, 7) is 1.26. The normalized spacial score (nSPS) is 17.4. The summed E-state index contributed by atoms with van der Waals surface area (Å²) in [7, 11) is 6.81. The highest BCUT2D eigenvalue weighted by atomic mass is 19.1. The van der Waals surface area contributed by atoms with Gasteiger partial charge in [0.15, 0.2) is 0 Å². The first-order valence-electron chi connectivity index (χ1n) is 5.68. The Morgan fingerprint density at radius 1 is 1.39 bits per heavy atom. The molecule has 0 spiro atoms. The minimum absolute atomic E-state index is 0.0120. The first-order chi connectivity index (χ1) is 8.62. The lowest BCUT2D eigenvalue weighted by molar-refractivity contribution is 0.0800. The molecule has 0 unspecified atom stereocenters. The van der Waals surface area contributed by atoms with Crippen molar-refractivity contribution in [2.45, 2.75) is 6.10 Å². The van der Waals surface area contributed by atoms with Crippen molar-refractivity contribution in [3.05, 3.63) is 24.0 Å². The van der Waals surface area contributed by atoms with Crippen molar-refractivity contribution in [1.29, 1.82) is 0 Å². The predicted octanol–water partition coefficient (Wildman–Crippen LogP) is 1.93. The number of hydrogen-bond donors (Lipinski definition) is 0. The second-order valence-corrected chi connectivity index (χ2v) is 4.10. The molecule has 2 rings (SSSR count). The molecule has 5 heteroatoms. The quantitative estimate of drug-likeness (QED) is 0.810. The van der Waals surface area contributed by atoms with Crippen LogP contribution >= 0.6 is 0 Å². The van der Waals surface area contributed by atoms with E-state index >= 15 is 0 Å². The lowest BCUT2D eigenvalue weighted by Gasteiger charge is -2.33. The van der Waals surface area contributed by atoms with Crippen molar-refractivity contribution in [2.24, 2.45) is 0 Å². The second kappa shape index (κ2) is 7.18. The first kappa shape index (κ1) is 14.7. The lowest BCUT2D eigenvalue weighted by atomic mass is 10.2. The minimum atomic E-state index is -0.241. The summed E-state index contributed by atoms with van der Waals surface area (Å²) in [5.41, 5.74) is 0.794. The van der Waals surface area contributed by atoms with Gasteiger partial charge in [0, 0.05) is 34.4 Å². The Morgan fingerprint density at radius 2 is 2.06 bits per heavy atom. The van der Waals surface area contributed by atoms with Crippen molar-refractivity contribution in [1.82, 2.24) is 0 Å². The van der Waals surface area contributed by atoms with Crippen LogP contribution in [0, 0.1) is 5.82 Å². The fourth-order valence-corrected chi connectivity index (χ4v) is 1.78. The van der Waals surface area contributed by atoms with Gasteiger partial charge in [0.25, 0.3) is 0 Å². The number of likely N-dealkylation sites (N-methyl/N-ethyl adjacent to an activating group) is 1. The molecule has 1 aromatic carbocycles. The number of fused-ring (bicyclic) bond motifs is 1. The van der Waals surface area contributed by atoms with E-state index in [9.17, 15) is 4.39 Å². The number of benzene rings is 1. The van der Waals surface area contributed by atoms with E-state index in [0.29, 0.717) is 18.9 Å². The maximum atomic E-state index is 13.0. The first-order valence-corrected chi connectivity index (χ1v) is 5.68. The Kier molecular flexibility index (Phi) is 5.88. The van der Waals surface area contributed by atoms with Gasteiger partial charge in [0.05, 0.1) is 18.8 Å². The third-order valence-electron chi connectivity index (χ3n) is 2.46. The molecule has 0 aliphatic carbocycles. The summed E-state index contributed by atoms with van der Waals surface area (Å²) >= 11 is 0. The fraction of sp³-hybridized carbons (Fsp3) is 0.538. The van der Waals surface area contributed by atoms with Crippen molar-refractivity contribution in [2.75, 3.05) is 46.4 Å². The Labute approximate surface area is 107 Å². The van der Waals surface area contributed by atoms with E-state index in [0.717, 1.165) is 5.69 Å². The molecule has 0 saturated heterocycles. The smallest absolute Gasteiger partial charge is 0.143 e. The van der Waals surface area contributed by atoms with Gasteiger partial charge in [-0.15, -0.1) is 0 Å². The van der Waals surface area contributed by atoms with Crippen LogP contribution < -0.4 is 9.64 Å². The molecule has 1 aromatic rings. The summed E-state index contributed by atoms with van der Waals surface area (Å²) < 4.78 is 28.0. The van der Waals surface area contributed by atoms with E-state index in [1.54, 1.807) is 27.4 Å². The number of anilines is 1. The van der Waals surface area contributed by atoms with Gasteiger partial charge in [0.1, 0.15) is 17.7 Å². The van der Waals surface area contributed by atoms with Crippen LogP contribution in [-0.2, 0) is 9.47 Å². The standard InChI is InChI=1S/C11H14FNO2.C2H6O/c1-13-6-9(7-14-2)15-11-4-3-8(12)5-10(11)13;1-3-2/h3-5,9H,6-7H2,1-2H3;1-2H3/t9-;/m0./s1. The largest absolute Gasteiger partial charge is 0.484 e. The van der Waals surface area contributed by atoms with Crippen LogP contribution in [0.3, 0.4) is 0 Å². The molecular weight excluding hydrogens is 237 g/mol. The summed E-state index contributed by atoms with van der Waals surface area (Å²) in [5.74, 6) is 0.474. The summed E-state index contributed by atoms with van der Waals surface area (Å²) in [6, 6.07) is 4.54.